The summed E-state index contributed by atoms with van der Waals surface area (Å²) in [5, 5.41) is 3.53. The van der Waals surface area contributed by atoms with Crippen LogP contribution in [0.4, 0.5) is 9.18 Å². The van der Waals surface area contributed by atoms with Crippen molar-refractivity contribution in [1.29, 1.82) is 0 Å². The Hall–Kier alpha value is -3.07. The molecule has 1 heterocycles. The zero-order valence-electron chi connectivity index (χ0n) is 18.3. The van der Waals surface area contributed by atoms with E-state index in [-0.39, 0.29) is 24.4 Å². The molecule has 180 valence electrons. The van der Waals surface area contributed by atoms with Crippen molar-refractivity contribution in [2.75, 3.05) is 7.11 Å². The van der Waals surface area contributed by atoms with Crippen LogP contribution >= 0.6 is 39.1 Å². The lowest BCUT2D eigenvalue weighted by molar-refractivity contribution is -0.123. The van der Waals surface area contributed by atoms with E-state index in [0.29, 0.717) is 31.6 Å². The van der Waals surface area contributed by atoms with E-state index in [0.717, 1.165) is 10.5 Å². The lowest BCUT2D eigenvalue weighted by atomic mass is 10.1. The highest BCUT2D eigenvalue weighted by Crippen LogP contribution is 2.38. The van der Waals surface area contributed by atoms with Crippen LogP contribution in [0.15, 0.2) is 64.8 Å². The van der Waals surface area contributed by atoms with Crippen molar-refractivity contribution in [2.45, 2.75) is 13.2 Å². The summed E-state index contributed by atoms with van der Waals surface area (Å²) < 4.78 is 25.9. The fourth-order valence-corrected chi connectivity index (χ4v) is 4.47. The summed E-state index contributed by atoms with van der Waals surface area (Å²) in [6, 6.07) is 13.8. The number of ether oxygens (including phenoxy) is 2. The molecule has 10 heteroatoms. The standard InChI is InChI=1S/C25H18BrCl2FN2O4/c1-34-22-10-14(8-18(26)23(22)35-13-16-6-7-17(27)11-19(16)28)9-21-24(32)31(25(33)30-21)12-15-4-2-3-5-20(15)29/h2-11H,12-13H2,1H3,(H,30,33)/b21-9+. The molecule has 3 aromatic carbocycles. The van der Waals surface area contributed by atoms with E-state index in [1.807, 2.05) is 0 Å². The van der Waals surface area contributed by atoms with E-state index in [1.165, 1.54) is 25.3 Å². The zero-order valence-corrected chi connectivity index (χ0v) is 21.4. The van der Waals surface area contributed by atoms with Gasteiger partial charge in [0.25, 0.3) is 5.91 Å². The molecule has 0 aliphatic carbocycles. The molecule has 0 aromatic heterocycles. The summed E-state index contributed by atoms with van der Waals surface area (Å²) >= 11 is 15.6. The average molecular weight is 580 g/mol. The smallest absolute Gasteiger partial charge is 0.329 e. The van der Waals surface area contributed by atoms with E-state index in [1.54, 1.807) is 42.5 Å². The molecule has 1 saturated heterocycles. The van der Waals surface area contributed by atoms with Crippen LogP contribution in [0.25, 0.3) is 6.08 Å². The first-order valence-corrected chi connectivity index (χ1v) is 11.8. The minimum Gasteiger partial charge on any atom is -0.493 e. The van der Waals surface area contributed by atoms with E-state index in [2.05, 4.69) is 21.2 Å². The molecular formula is C25H18BrCl2FN2O4. The average Bonchev–Trinajstić information content (AvgIpc) is 3.07. The van der Waals surface area contributed by atoms with Crippen LogP contribution in [0, 0.1) is 5.82 Å². The Morgan fingerprint density at radius 2 is 1.86 bits per heavy atom. The Kier molecular flexibility index (Phi) is 7.64. The minimum atomic E-state index is -0.629. The number of carbonyl (C=O) groups excluding carboxylic acids is 2. The van der Waals surface area contributed by atoms with Gasteiger partial charge in [-0.1, -0.05) is 47.5 Å². The highest BCUT2D eigenvalue weighted by atomic mass is 79.9. The minimum absolute atomic E-state index is 0.0573. The summed E-state index contributed by atoms with van der Waals surface area (Å²) in [6.07, 6.45) is 1.51. The maximum Gasteiger partial charge on any atom is 0.329 e. The van der Waals surface area contributed by atoms with E-state index in [4.69, 9.17) is 32.7 Å². The molecule has 0 spiro atoms. The molecule has 1 aliphatic heterocycles. The van der Waals surface area contributed by atoms with Gasteiger partial charge in [0.2, 0.25) is 0 Å². The number of methoxy groups -OCH3 is 1. The van der Waals surface area contributed by atoms with Crippen LogP contribution in [0.3, 0.4) is 0 Å². The third kappa shape index (κ3) is 5.61. The molecule has 0 radical (unpaired) electrons. The van der Waals surface area contributed by atoms with Crippen molar-refractivity contribution in [3.8, 4) is 11.5 Å². The number of imide groups is 1. The van der Waals surface area contributed by atoms with Crippen molar-refractivity contribution in [1.82, 2.24) is 10.2 Å². The van der Waals surface area contributed by atoms with Gasteiger partial charge < -0.3 is 14.8 Å². The molecule has 4 rings (SSSR count). The van der Waals surface area contributed by atoms with Gasteiger partial charge in [0.05, 0.1) is 18.1 Å². The highest BCUT2D eigenvalue weighted by molar-refractivity contribution is 9.10. The van der Waals surface area contributed by atoms with Gasteiger partial charge in [0.15, 0.2) is 11.5 Å². The Bertz CT molecular complexity index is 1350. The van der Waals surface area contributed by atoms with Crippen molar-refractivity contribution < 1.29 is 23.5 Å². The quantitative estimate of drug-likeness (QED) is 0.254. The lowest BCUT2D eigenvalue weighted by Crippen LogP contribution is -2.30. The van der Waals surface area contributed by atoms with Crippen molar-refractivity contribution in [3.63, 3.8) is 0 Å². The maximum atomic E-state index is 14.0. The predicted octanol–water partition coefficient (Wildman–Crippen LogP) is 6.58. The van der Waals surface area contributed by atoms with Crippen molar-refractivity contribution in [3.05, 3.63) is 97.3 Å². The molecule has 1 fully saturated rings. The first-order valence-electron chi connectivity index (χ1n) is 10.3. The fourth-order valence-electron chi connectivity index (χ4n) is 3.43. The number of hydrogen-bond acceptors (Lipinski definition) is 4. The molecule has 0 atom stereocenters. The summed E-state index contributed by atoms with van der Waals surface area (Å²) in [5.74, 6) is -0.222. The number of benzene rings is 3. The van der Waals surface area contributed by atoms with Crippen molar-refractivity contribution >= 4 is 57.1 Å². The SMILES string of the molecule is COc1cc(/C=C2/NC(=O)N(Cc3ccccc3F)C2=O)cc(Br)c1OCc1ccc(Cl)cc1Cl. The predicted molar refractivity (Wildman–Crippen MR) is 135 cm³/mol. The van der Waals surface area contributed by atoms with Gasteiger partial charge in [-0.25, -0.2) is 9.18 Å². The number of urea groups is 1. The van der Waals surface area contributed by atoms with Gasteiger partial charge in [0, 0.05) is 21.2 Å². The van der Waals surface area contributed by atoms with Gasteiger partial charge in [-0.05, 0) is 57.9 Å². The summed E-state index contributed by atoms with van der Waals surface area (Å²) in [4.78, 5) is 26.1. The van der Waals surface area contributed by atoms with Crippen LogP contribution in [-0.4, -0.2) is 23.9 Å². The molecule has 3 aromatic rings. The van der Waals surface area contributed by atoms with E-state index < -0.39 is 17.8 Å². The summed E-state index contributed by atoms with van der Waals surface area (Å²) in [5.41, 5.74) is 1.61. The third-order valence-corrected chi connectivity index (χ3v) is 6.37. The van der Waals surface area contributed by atoms with Crippen LogP contribution in [0.2, 0.25) is 10.0 Å². The summed E-state index contributed by atoms with van der Waals surface area (Å²) in [6.45, 7) is -0.00726. The van der Waals surface area contributed by atoms with Gasteiger partial charge in [-0.2, -0.15) is 0 Å². The molecule has 0 saturated carbocycles. The second kappa shape index (κ2) is 10.7. The largest absolute Gasteiger partial charge is 0.493 e. The molecule has 1 aliphatic rings. The Labute approximate surface area is 219 Å². The normalized spacial score (nSPS) is 14.4. The van der Waals surface area contributed by atoms with Gasteiger partial charge in [0.1, 0.15) is 18.1 Å². The molecule has 0 unspecified atom stereocenters. The molecule has 3 amide bonds. The Morgan fingerprint density at radius 3 is 2.57 bits per heavy atom. The molecule has 0 bridgehead atoms. The van der Waals surface area contributed by atoms with Crippen LogP contribution in [0.5, 0.6) is 11.5 Å². The van der Waals surface area contributed by atoms with Crippen LogP contribution in [0.1, 0.15) is 16.7 Å². The number of rotatable bonds is 7. The fraction of sp³-hybridized carbons (Fsp3) is 0.120. The Morgan fingerprint density at radius 1 is 1.09 bits per heavy atom. The monoisotopic (exact) mass is 578 g/mol. The second-order valence-corrected chi connectivity index (χ2v) is 9.23. The van der Waals surface area contributed by atoms with Crippen molar-refractivity contribution in [2.24, 2.45) is 0 Å². The van der Waals surface area contributed by atoms with Crippen LogP contribution < -0.4 is 14.8 Å². The number of hydrogen-bond donors (Lipinski definition) is 1. The number of nitrogens with zero attached hydrogens (tertiary/aromatic N) is 1. The number of carbonyl (C=O) groups is 2. The van der Waals surface area contributed by atoms with Gasteiger partial charge in [-0.15, -0.1) is 0 Å². The van der Waals surface area contributed by atoms with Gasteiger partial charge >= 0.3 is 6.03 Å². The topological polar surface area (TPSA) is 67.9 Å². The van der Waals surface area contributed by atoms with Gasteiger partial charge in [-0.3, -0.25) is 9.69 Å². The maximum absolute atomic E-state index is 14.0. The molecule has 1 N–H and O–H groups in total. The van der Waals surface area contributed by atoms with E-state index >= 15 is 0 Å². The number of nitrogens with one attached hydrogen (secondary N) is 1. The first-order chi connectivity index (χ1) is 16.8. The number of amides is 3. The number of halogens is 4. The van der Waals surface area contributed by atoms with Crippen LogP contribution in [-0.2, 0) is 17.9 Å². The second-order valence-electron chi connectivity index (χ2n) is 7.53. The molecule has 35 heavy (non-hydrogen) atoms. The lowest BCUT2D eigenvalue weighted by Gasteiger charge is -2.14. The summed E-state index contributed by atoms with van der Waals surface area (Å²) in [7, 11) is 1.49. The molecular weight excluding hydrogens is 562 g/mol. The third-order valence-electron chi connectivity index (χ3n) is 5.20. The Balaban J connectivity index is 1.54. The first kappa shape index (κ1) is 25.0. The van der Waals surface area contributed by atoms with E-state index in [9.17, 15) is 14.0 Å². The molecule has 6 nitrogen and oxygen atoms in total. The highest BCUT2D eigenvalue weighted by Gasteiger charge is 2.34. The zero-order chi connectivity index (χ0) is 25.1.